The molecule has 3 rings (SSSR count). The summed E-state index contributed by atoms with van der Waals surface area (Å²) in [6.07, 6.45) is 0. The molecule has 0 spiro atoms. The van der Waals surface area contributed by atoms with Crippen molar-refractivity contribution in [1.82, 2.24) is 0 Å². The van der Waals surface area contributed by atoms with Crippen LogP contribution in [0, 0.1) is 0 Å². The number of hydrogen-bond donors (Lipinski definition) is 3. The first kappa shape index (κ1) is 33.9. The lowest BCUT2D eigenvalue weighted by Gasteiger charge is -2.30. The average Bonchev–Trinajstić information content (AvgIpc) is 2.70. The zero-order chi connectivity index (χ0) is 28.5. The van der Waals surface area contributed by atoms with Crippen LogP contribution in [0.4, 0.5) is 17.1 Å². The summed E-state index contributed by atoms with van der Waals surface area (Å²) in [4.78, 5) is 0. The van der Waals surface area contributed by atoms with Gasteiger partial charge in [0, 0.05) is 40.3 Å². The maximum atomic E-state index is 14.1. The van der Waals surface area contributed by atoms with Crippen LogP contribution in [0.3, 0.4) is 0 Å². The molecule has 20 heteroatoms. The highest BCUT2D eigenvalue weighted by Crippen LogP contribution is 2.55. The molecule has 0 radical (unpaired) electrons. The van der Waals surface area contributed by atoms with E-state index in [1.807, 2.05) is 0 Å². The first-order valence-electron chi connectivity index (χ1n) is 9.39. The Hall–Kier alpha value is 1.37. The van der Waals surface area contributed by atoms with E-state index in [2.05, 4.69) is 143 Å². The molecule has 0 atom stereocenters. The number of hydrogen-bond acceptors (Lipinski definition) is 10. The van der Waals surface area contributed by atoms with Gasteiger partial charge in [-0.1, -0.05) is 47.8 Å². The Morgan fingerprint density at radius 1 is 0.474 bits per heavy atom. The fourth-order valence-corrected chi connectivity index (χ4v) is 11.5. The van der Waals surface area contributed by atoms with E-state index in [4.69, 9.17) is 31.4 Å². The quantitative estimate of drug-likeness (QED) is 0.108. The summed E-state index contributed by atoms with van der Waals surface area (Å²) in [6.45, 7) is 0. The number of rotatable bonds is 9. The third-order valence-corrected chi connectivity index (χ3v) is 10.3. The van der Waals surface area contributed by atoms with Gasteiger partial charge in [0.1, 0.15) is 17.1 Å². The zero-order valence-electron chi connectivity index (χ0n) is 18.0. The largest absolute Gasteiger partial charge is 0.543 e. The summed E-state index contributed by atoms with van der Waals surface area (Å²) in [7, 11) is -4.80. The van der Waals surface area contributed by atoms with E-state index >= 15 is 0 Å². The first-order chi connectivity index (χ1) is 17.6. The van der Waals surface area contributed by atoms with E-state index in [0.717, 1.165) is 13.4 Å². The minimum atomic E-state index is -4.80. The van der Waals surface area contributed by atoms with E-state index in [0.29, 0.717) is 42.4 Å². The van der Waals surface area contributed by atoms with Crippen LogP contribution in [0.5, 0.6) is 0 Å². The Morgan fingerprint density at radius 2 is 0.658 bits per heavy atom. The molecule has 3 aromatic carbocycles. The Kier molecular flexibility index (Phi) is 12.7. The van der Waals surface area contributed by atoms with Crippen LogP contribution < -0.4 is 33.0 Å². The van der Waals surface area contributed by atoms with Crippen molar-refractivity contribution in [2.45, 2.75) is 0 Å². The van der Waals surface area contributed by atoms with E-state index < -0.39 is 7.82 Å². The van der Waals surface area contributed by atoms with Gasteiger partial charge in [0.05, 0.1) is 0 Å². The molecule has 0 aliphatic heterocycles. The molecule has 38 heavy (non-hydrogen) atoms. The van der Waals surface area contributed by atoms with Crippen molar-refractivity contribution in [3.63, 3.8) is 0 Å². The average molecular weight is 1130 g/mol. The molecule has 0 aromatic heterocycles. The molecule has 0 heterocycles. The van der Waals surface area contributed by atoms with Crippen molar-refractivity contribution in [3.05, 3.63) is 76.7 Å². The predicted octanol–water partition coefficient (Wildman–Crippen LogP) is 9.89. The standard InChI is InChI=1S/C18H12Br9N6O4P/c19-7-1-10(22)16(11(23)2-7)31(28)35-38(34,36-32(29)17-12(24)3-8(20)4-13(17)25)37-33(30)18-14(26)5-9(21)6-15(18)27/h1-6H,28-30H2. The second-order valence-corrected chi connectivity index (χ2v) is 16.1. The molecule has 6 N–H and O–H groups in total. The van der Waals surface area contributed by atoms with Gasteiger partial charge in [0.15, 0.2) is 0 Å². The number of nitrogens with two attached hydrogens (primary N) is 3. The Bertz CT molecular complexity index is 1190. The van der Waals surface area contributed by atoms with Gasteiger partial charge < -0.3 is 0 Å². The minimum Gasteiger partial charge on any atom is -0.222 e. The third-order valence-electron chi connectivity index (χ3n) is 4.17. The number of halogens is 9. The number of nitrogens with zero attached hydrogens (tertiary/aromatic N) is 3. The molecule has 0 saturated carbocycles. The van der Waals surface area contributed by atoms with E-state index in [9.17, 15) is 4.57 Å². The first-order valence-corrected chi connectivity index (χ1v) is 18.0. The van der Waals surface area contributed by atoms with Crippen LogP contribution in [0.1, 0.15) is 0 Å². The molecule has 0 unspecified atom stereocenters. The smallest absolute Gasteiger partial charge is 0.222 e. The van der Waals surface area contributed by atoms with E-state index in [1.165, 1.54) is 0 Å². The Balaban J connectivity index is 2.03. The number of phosphoric acid groups is 1. The number of anilines is 3. The van der Waals surface area contributed by atoms with E-state index in [-0.39, 0.29) is 17.1 Å². The molecule has 206 valence electrons. The monoisotopic (exact) mass is 1120 g/mol. The van der Waals surface area contributed by atoms with Crippen LogP contribution in [-0.2, 0) is 18.4 Å². The van der Waals surface area contributed by atoms with Crippen molar-refractivity contribution < 1.29 is 18.4 Å². The van der Waals surface area contributed by atoms with Crippen LogP contribution >= 0.6 is 151 Å². The second kappa shape index (κ2) is 14.2. The Morgan fingerprint density at radius 3 is 0.842 bits per heavy atom. The topological polar surface area (TPSA) is 133 Å². The lowest BCUT2D eigenvalue weighted by Crippen LogP contribution is -2.39. The number of hydrazine groups is 3. The summed E-state index contributed by atoms with van der Waals surface area (Å²) in [5.41, 5.74) is 0.763. The van der Waals surface area contributed by atoms with Crippen molar-refractivity contribution in [1.29, 1.82) is 0 Å². The highest BCUT2D eigenvalue weighted by Gasteiger charge is 2.39. The number of benzene rings is 3. The summed E-state index contributed by atoms with van der Waals surface area (Å²) < 4.78 is 35.8. The molecule has 10 nitrogen and oxygen atoms in total. The van der Waals surface area contributed by atoms with Gasteiger partial charge in [-0.3, -0.25) is 0 Å². The van der Waals surface area contributed by atoms with Crippen molar-refractivity contribution in [3.8, 4) is 0 Å². The van der Waals surface area contributed by atoms with Gasteiger partial charge in [0.2, 0.25) is 0 Å². The van der Waals surface area contributed by atoms with Gasteiger partial charge in [-0.25, -0.2) is 22.1 Å². The van der Waals surface area contributed by atoms with Gasteiger partial charge in [-0.05, 0) is 132 Å². The fourth-order valence-electron chi connectivity index (χ4n) is 2.73. The van der Waals surface area contributed by atoms with Crippen molar-refractivity contribution >= 4 is 168 Å². The van der Waals surface area contributed by atoms with Crippen LogP contribution in [-0.4, -0.2) is 0 Å². The highest BCUT2D eigenvalue weighted by molar-refractivity contribution is 9.12. The van der Waals surface area contributed by atoms with Crippen LogP contribution in [0.15, 0.2) is 76.7 Å². The van der Waals surface area contributed by atoms with Crippen molar-refractivity contribution in [2.75, 3.05) is 15.5 Å². The zero-order valence-corrected chi connectivity index (χ0v) is 33.2. The van der Waals surface area contributed by atoms with Gasteiger partial charge >= 0.3 is 7.82 Å². The lowest BCUT2D eigenvalue weighted by atomic mass is 10.3. The van der Waals surface area contributed by atoms with E-state index in [1.54, 1.807) is 36.4 Å². The molecule has 0 amide bonds. The van der Waals surface area contributed by atoms with Crippen LogP contribution in [0.25, 0.3) is 0 Å². The van der Waals surface area contributed by atoms with Crippen LogP contribution in [0.2, 0.25) is 0 Å². The fraction of sp³-hybridized carbons (Fsp3) is 0. The van der Waals surface area contributed by atoms with Crippen molar-refractivity contribution in [2.24, 2.45) is 17.5 Å². The molecule has 0 aliphatic carbocycles. The minimum absolute atomic E-state index is 0.254. The molecule has 0 aliphatic rings. The summed E-state index contributed by atoms with van der Waals surface area (Å²) in [6, 6.07) is 10.2. The summed E-state index contributed by atoms with van der Waals surface area (Å²) in [5, 5.41) is 2.08. The third kappa shape index (κ3) is 8.48. The predicted molar refractivity (Wildman–Crippen MR) is 179 cm³/mol. The molecule has 3 aromatic rings. The highest BCUT2D eigenvalue weighted by atomic mass is 79.9. The maximum absolute atomic E-state index is 14.1. The van der Waals surface area contributed by atoms with Gasteiger partial charge in [-0.2, -0.15) is 15.5 Å². The second-order valence-electron chi connectivity index (χ2n) is 6.82. The SMILES string of the molecule is NN(OP(=O)(ON(N)c1c(Br)cc(Br)cc1Br)ON(N)c1c(Br)cc(Br)cc1Br)c1c(Br)cc(Br)cc1Br. The molecule has 0 fully saturated rings. The Labute approximate surface area is 292 Å². The molecular weight excluding hydrogens is 1110 g/mol. The molecular formula is C18H12Br9N6O4P. The maximum Gasteiger partial charge on any atom is 0.543 e. The normalized spacial score (nSPS) is 11.6. The molecule has 0 bridgehead atoms. The summed E-state index contributed by atoms with van der Waals surface area (Å²) in [5.74, 6) is 18.5. The van der Waals surface area contributed by atoms with Gasteiger partial charge in [0.25, 0.3) is 0 Å². The molecule has 0 saturated heterocycles. The summed E-state index contributed by atoms with van der Waals surface area (Å²) >= 11 is 30.5. The lowest BCUT2D eigenvalue weighted by molar-refractivity contribution is 0.0854. The van der Waals surface area contributed by atoms with Gasteiger partial charge in [-0.15, -0.1) is 13.9 Å².